The summed E-state index contributed by atoms with van der Waals surface area (Å²) in [5.41, 5.74) is 1.10. The zero-order valence-corrected chi connectivity index (χ0v) is 13.3. The normalized spacial score (nSPS) is 25.2. The Morgan fingerprint density at radius 3 is 2.63 bits per heavy atom. The van der Waals surface area contributed by atoms with Crippen LogP contribution < -0.4 is 5.32 Å². The molecule has 1 fully saturated rings. The predicted octanol–water partition coefficient (Wildman–Crippen LogP) is 3.95. The topological polar surface area (TPSA) is 29.1 Å². The molecule has 1 aliphatic rings. The number of nitrogens with one attached hydrogen (secondary N) is 1. The van der Waals surface area contributed by atoms with Crippen molar-refractivity contribution in [2.45, 2.75) is 38.3 Å². The maximum atomic E-state index is 11.4. The van der Waals surface area contributed by atoms with Crippen molar-refractivity contribution in [3.63, 3.8) is 0 Å². The van der Waals surface area contributed by atoms with Crippen molar-refractivity contribution in [1.82, 2.24) is 5.32 Å². The second-order valence-electron chi connectivity index (χ2n) is 4.92. The molecule has 1 saturated heterocycles. The minimum atomic E-state index is -0.613. The maximum absolute atomic E-state index is 11.4. The van der Waals surface area contributed by atoms with Gasteiger partial charge in [-0.15, -0.1) is 0 Å². The van der Waals surface area contributed by atoms with E-state index in [1.807, 2.05) is 12.1 Å². The fourth-order valence-corrected chi connectivity index (χ4v) is 4.30. The number of benzene rings is 1. The first kappa shape index (κ1) is 15.3. The molecule has 5 heteroatoms. The molecule has 1 aliphatic heterocycles. The van der Waals surface area contributed by atoms with Gasteiger partial charge in [0, 0.05) is 44.4 Å². The van der Waals surface area contributed by atoms with E-state index in [0.29, 0.717) is 16.1 Å². The van der Waals surface area contributed by atoms with E-state index in [4.69, 9.17) is 23.2 Å². The molecule has 1 heterocycles. The van der Waals surface area contributed by atoms with Gasteiger partial charge in [0.15, 0.2) is 0 Å². The lowest BCUT2D eigenvalue weighted by molar-refractivity contribution is 0.403. The lowest BCUT2D eigenvalue weighted by atomic mass is 10.0. The van der Waals surface area contributed by atoms with Crippen LogP contribution in [0.2, 0.25) is 10.0 Å². The van der Waals surface area contributed by atoms with Crippen molar-refractivity contribution < 1.29 is 4.21 Å². The average Bonchev–Trinajstić information content (AvgIpc) is 2.39. The summed E-state index contributed by atoms with van der Waals surface area (Å²) in [6.07, 6.45) is 2.93. The van der Waals surface area contributed by atoms with Crippen LogP contribution in [0.5, 0.6) is 0 Å². The lowest BCUT2D eigenvalue weighted by Gasteiger charge is -2.28. The molecular formula is C14H19Cl2NOS. The molecule has 0 saturated carbocycles. The second kappa shape index (κ2) is 7.07. The van der Waals surface area contributed by atoms with E-state index in [-0.39, 0.29) is 6.04 Å². The Bertz CT molecular complexity index is 457. The van der Waals surface area contributed by atoms with E-state index in [9.17, 15) is 4.21 Å². The average molecular weight is 320 g/mol. The fraction of sp³-hybridized carbons (Fsp3) is 0.571. The molecule has 0 aromatic heterocycles. The van der Waals surface area contributed by atoms with Crippen molar-refractivity contribution in [2.24, 2.45) is 0 Å². The first-order valence-electron chi connectivity index (χ1n) is 6.66. The van der Waals surface area contributed by atoms with Crippen LogP contribution in [0.15, 0.2) is 18.2 Å². The molecule has 106 valence electrons. The first-order chi connectivity index (χ1) is 9.10. The van der Waals surface area contributed by atoms with E-state index in [2.05, 4.69) is 12.2 Å². The SMILES string of the molecule is CCC(NC1CCS(=O)CC1)c1ccc(Cl)cc1Cl. The Hall–Kier alpha value is -0.0900. The molecule has 2 rings (SSSR count). The highest BCUT2D eigenvalue weighted by molar-refractivity contribution is 7.85. The Morgan fingerprint density at radius 2 is 2.05 bits per heavy atom. The molecule has 0 amide bonds. The molecule has 1 N–H and O–H groups in total. The standard InChI is InChI=1S/C14H19Cl2NOS/c1-2-14(12-4-3-10(15)9-13(12)16)17-11-5-7-19(18)8-6-11/h3-4,9,11,14,17H,2,5-8H2,1H3. The van der Waals surface area contributed by atoms with Crippen LogP contribution in [0.4, 0.5) is 0 Å². The Labute approximate surface area is 127 Å². The summed E-state index contributed by atoms with van der Waals surface area (Å²) in [5.74, 6) is 1.62. The van der Waals surface area contributed by atoms with Crippen LogP contribution in [0.3, 0.4) is 0 Å². The minimum Gasteiger partial charge on any atom is -0.307 e. The predicted molar refractivity (Wildman–Crippen MR) is 83.5 cm³/mol. The summed E-state index contributed by atoms with van der Waals surface area (Å²) >= 11 is 12.2. The third-order valence-electron chi connectivity index (χ3n) is 3.57. The monoisotopic (exact) mass is 319 g/mol. The van der Waals surface area contributed by atoms with E-state index in [1.165, 1.54) is 0 Å². The first-order valence-corrected chi connectivity index (χ1v) is 8.90. The van der Waals surface area contributed by atoms with Crippen LogP contribution in [-0.2, 0) is 10.8 Å². The fourth-order valence-electron chi connectivity index (χ4n) is 2.46. The summed E-state index contributed by atoms with van der Waals surface area (Å²) in [6.45, 7) is 2.14. The van der Waals surface area contributed by atoms with Crippen LogP contribution in [0.25, 0.3) is 0 Å². The van der Waals surface area contributed by atoms with Crippen molar-refractivity contribution in [3.05, 3.63) is 33.8 Å². The van der Waals surface area contributed by atoms with E-state index < -0.39 is 10.8 Å². The zero-order valence-electron chi connectivity index (χ0n) is 11.0. The highest BCUT2D eigenvalue weighted by Crippen LogP contribution is 2.29. The van der Waals surface area contributed by atoms with Gasteiger partial charge in [0.25, 0.3) is 0 Å². The number of rotatable bonds is 4. The number of hydrogen-bond acceptors (Lipinski definition) is 2. The van der Waals surface area contributed by atoms with E-state index >= 15 is 0 Å². The summed E-state index contributed by atoms with van der Waals surface area (Å²) in [5, 5.41) is 5.02. The summed E-state index contributed by atoms with van der Waals surface area (Å²) < 4.78 is 11.4. The molecule has 1 atom stereocenters. The lowest BCUT2D eigenvalue weighted by Crippen LogP contribution is -2.38. The molecule has 19 heavy (non-hydrogen) atoms. The van der Waals surface area contributed by atoms with Gasteiger partial charge in [-0.25, -0.2) is 0 Å². The van der Waals surface area contributed by atoms with Gasteiger partial charge in [-0.1, -0.05) is 36.2 Å². The van der Waals surface area contributed by atoms with Crippen LogP contribution in [0, 0.1) is 0 Å². The van der Waals surface area contributed by atoms with Gasteiger partial charge < -0.3 is 5.32 Å². The van der Waals surface area contributed by atoms with Gasteiger partial charge in [0.2, 0.25) is 0 Å². The van der Waals surface area contributed by atoms with Gasteiger partial charge in [-0.3, -0.25) is 4.21 Å². The van der Waals surface area contributed by atoms with E-state index in [0.717, 1.165) is 36.3 Å². The quantitative estimate of drug-likeness (QED) is 0.910. The molecule has 0 spiro atoms. The van der Waals surface area contributed by atoms with Crippen molar-refractivity contribution in [1.29, 1.82) is 0 Å². The Balaban J connectivity index is 2.05. The number of halogens is 2. The smallest absolute Gasteiger partial charge is 0.0468 e. The number of hydrogen-bond donors (Lipinski definition) is 1. The van der Waals surface area contributed by atoms with Gasteiger partial charge in [0.05, 0.1) is 0 Å². The highest BCUT2D eigenvalue weighted by Gasteiger charge is 2.22. The van der Waals surface area contributed by atoms with Gasteiger partial charge in [-0.05, 0) is 37.0 Å². The Morgan fingerprint density at radius 1 is 1.37 bits per heavy atom. The largest absolute Gasteiger partial charge is 0.307 e. The molecule has 1 aromatic rings. The third-order valence-corrected chi connectivity index (χ3v) is 5.52. The highest BCUT2D eigenvalue weighted by atomic mass is 35.5. The van der Waals surface area contributed by atoms with Crippen molar-refractivity contribution >= 4 is 34.0 Å². The van der Waals surface area contributed by atoms with Crippen LogP contribution in [0.1, 0.15) is 37.8 Å². The van der Waals surface area contributed by atoms with Gasteiger partial charge in [0.1, 0.15) is 0 Å². The summed E-state index contributed by atoms with van der Waals surface area (Å²) in [4.78, 5) is 0. The van der Waals surface area contributed by atoms with Crippen LogP contribution >= 0.6 is 23.2 Å². The minimum absolute atomic E-state index is 0.237. The molecule has 0 bridgehead atoms. The molecule has 1 unspecified atom stereocenters. The summed E-state index contributed by atoms with van der Waals surface area (Å²) in [7, 11) is -0.613. The van der Waals surface area contributed by atoms with Gasteiger partial charge >= 0.3 is 0 Å². The molecular weight excluding hydrogens is 301 g/mol. The maximum Gasteiger partial charge on any atom is 0.0468 e. The van der Waals surface area contributed by atoms with Crippen molar-refractivity contribution in [2.75, 3.05) is 11.5 Å². The third kappa shape index (κ3) is 4.19. The van der Waals surface area contributed by atoms with Gasteiger partial charge in [-0.2, -0.15) is 0 Å². The summed E-state index contributed by atoms with van der Waals surface area (Å²) in [6, 6.07) is 6.34. The molecule has 2 nitrogen and oxygen atoms in total. The molecule has 0 aliphatic carbocycles. The van der Waals surface area contributed by atoms with E-state index in [1.54, 1.807) is 6.07 Å². The molecule has 0 radical (unpaired) electrons. The molecule has 1 aromatic carbocycles. The van der Waals surface area contributed by atoms with Crippen LogP contribution in [-0.4, -0.2) is 21.8 Å². The second-order valence-corrected chi connectivity index (χ2v) is 7.46. The van der Waals surface area contributed by atoms with Crippen molar-refractivity contribution in [3.8, 4) is 0 Å². The zero-order chi connectivity index (χ0) is 13.8. The Kier molecular flexibility index (Phi) is 5.70.